The van der Waals surface area contributed by atoms with Gasteiger partial charge in [-0.15, -0.1) is 0 Å². The summed E-state index contributed by atoms with van der Waals surface area (Å²) in [5, 5.41) is 3.11. The zero-order valence-electron chi connectivity index (χ0n) is 10.8. The Hall–Kier alpha value is -0.570. The second-order valence-corrected chi connectivity index (χ2v) is 5.63. The van der Waals surface area contributed by atoms with E-state index in [0.717, 1.165) is 37.8 Å². The first-order valence-electron chi connectivity index (χ1n) is 7.32. The highest BCUT2D eigenvalue weighted by Gasteiger charge is 2.54. The molecule has 2 atom stereocenters. The molecule has 2 aliphatic rings. The van der Waals surface area contributed by atoms with Crippen LogP contribution in [0.15, 0.2) is 0 Å². The third-order valence-electron chi connectivity index (χ3n) is 4.39. The molecule has 2 unspecified atom stereocenters. The summed E-state index contributed by atoms with van der Waals surface area (Å²) < 4.78 is 0. The fourth-order valence-electron chi connectivity index (χ4n) is 3.33. The average molecular weight is 238 g/mol. The third-order valence-corrected chi connectivity index (χ3v) is 4.39. The van der Waals surface area contributed by atoms with E-state index in [2.05, 4.69) is 5.32 Å². The number of nitrogens with two attached hydrogens (primary N) is 1. The van der Waals surface area contributed by atoms with Crippen LogP contribution in [0.2, 0.25) is 0 Å². The molecule has 3 N–H and O–H groups in total. The van der Waals surface area contributed by atoms with Crippen molar-refractivity contribution in [2.75, 3.05) is 13.1 Å². The van der Waals surface area contributed by atoms with Crippen LogP contribution in [-0.2, 0) is 4.79 Å². The van der Waals surface area contributed by atoms with Crippen molar-refractivity contribution < 1.29 is 4.79 Å². The lowest BCUT2D eigenvalue weighted by atomic mass is 10.0. The minimum Gasteiger partial charge on any atom is -0.356 e. The molecule has 0 spiro atoms. The number of hydrogen-bond acceptors (Lipinski definition) is 2. The maximum absolute atomic E-state index is 11.9. The number of amides is 1. The summed E-state index contributed by atoms with van der Waals surface area (Å²) in [5.74, 6) is 2.18. The molecule has 3 heteroatoms. The van der Waals surface area contributed by atoms with Crippen LogP contribution in [0, 0.1) is 17.8 Å². The molecule has 2 rings (SSSR count). The normalized spacial score (nSPS) is 30.8. The number of rotatable bonds is 7. The minimum atomic E-state index is 0.334. The second-order valence-electron chi connectivity index (χ2n) is 5.63. The number of carbonyl (C=O) groups is 1. The van der Waals surface area contributed by atoms with Gasteiger partial charge in [0, 0.05) is 12.5 Å². The van der Waals surface area contributed by atoms with Gasteiger partial charge in [-0.3, -0.25) is 4.79 Å². The second kappa shape index (κ2) is 6.39. The van der Waals surface area contributed by atoms with Crippen LogP contribution >= 0.6 is 0 Å². The van der Waals surface area contributed by atoms with Crippen LogP contribution in [-0.4, -0.2) is 19.0 Å². The molecule has 0 aliphatic heterocycles. The Morgan fingerprint density at radius 2 is 1.71 bits per heavy atom. The van der Waals surface area contributed by atoms with Gasteiger partial charge in [-0.1, -0.05) is 25.7 Å². The van der Waals surface area contributed by atoms with Gasteiger partial charge in [0.25, 0.3) is 0 Å². The Bertz CT molecular complexity index is 243. The zero-order valence-corrected chi connectivity index (χ0v) is 10.8. The number of nitrogens with one attached hydrogen (secondary N) is 1. The van der Waals surface area contributed by atoms with Crippen molar-refractivity contribution >= 4 is 5.91 Å². The van der Waals surface area contributed by atoms with E-state index in [9.17, 15) is 4.79 Å². The first-order valence-corrected chi connectivity index (χ1v) is 7.32. The molecule has 0 aromatic carbocycles. The number of hydrogen-bond donors (Lipinski definition) is 2. The first-order chi connectivity index (χ1) is 8.34. The van der Waals surface area contributed by atoms with Gasteiger partial charge in [-0.05, 0) is 44.1 Å². The van der Waals surface area contributed by atoms with E-state index < -0.39 is 0 Å². The fraction of sp³-hybridized carbons (Fsp3) is 0.929. The molecule has 0 saturated heterocycles. The molecular formula is C14H26N2O. The monoisotopic (exact) mass is 238 g/mol. The smallest absolute Gasteiger partial charge is 0.223 e. The highest BCUT2D eigenvalue weighted by atomic mass is 16.2. The van der Waals surface area contributed by atoms with Gasteiger partial charge in [0.15, 0.2) is 0 Å². The minimum absolute atomic E-state index is 0.334. The Morgan fingerprint density at radius 1 is 1.06 bits per heavy atom. The van der Waals surface area contributed by atoms with Gasteiger partial charge in [0.1, 0.15) is 0 Å². The Morgan fingerprint density at radius 3 is 2.35 bits per heavy atom. The van der Waals surface area contributed by atoms with Crippen molar-refractivity contribution in [3.05, 3.63) is 0 Å². The number of unbranched alkanes of at least 4 members (excludes halogenated alkanes) is 3. The van der Waals surface area contributed by atoms with Gasteiger partial charge >= 0.3 is 0 Å². The molecule has 0 bridgehead atoms. The van der Waals surface area contributed by atoms with Gasteiger partial charge in [0.2, 0.25) is 5.91 Å². The van der Waals surface area contributed by atoms with Crippen molar-refractivity contribution in [2.45, 2.75) is 51.4 Å². The van der Waals surface area contributed by atoms with Crippen molar-refractivity contribution in [1.82, 2.24) is 5.32 Å². The summed E-state index contributed by atoms with van der Waals surface area (Å²) in [5.41, 5.74) is 5.44. The van der Waals surface area contributed by atoms with Crippen molar-refractivity contribution in [1.29, 1.82) is 0 Å². The molecule has 17 heavy (non-hydrogen) atoms. The first kappa shape index (κ1) is 12.9. The molecule has 98 valence electrons. The average Bonchev–Trinajstić information content (AvgIpc) is 3.07. The largest absolute Gasteiger partial charge is 0.356 e. The van der Waals surface area contributed by atoms with E-state index >= 15 is 0 Å². The van der Waals surface area contributed by atoms with Crippen molar-refractivity contribution in [2.24, 2.45) is 23.5 Å². The van der Waals surface area contributed by atoms with Gasteiger partial charge < -0.3 is 11.1 Å². The van der Waals surface area contributed by atoms with E-state index in [1.165, 1.54) is 38.5 Å². The predicted molar refractivity (Wildman–Crippen MR) is 69.5 cm³/mol. The molecule has 0 heterocycles. The quantitative estimate of drug-likeness (QED) is 0.667. The Labute approximate surface area is 105 Å². The van der Waals surface area contributed by atoms with Crippen LogP contribution in [0.4, 0.5) is 0 Å². The lowest BCUT2D eigenvalue weighted by molar-refractivity contribution is -0.122. The van der Waals surface area contributed by atoms with Crippen LogP contribution in [0.1, 0.15) is 51.4 Å². The SMILES string of the molecule is NCCCCCCNC(=O)C1C2CCCCC21. The Balaban J connectivity index is 1.53. The summed E-state index contributed by atoms with van der Waals surface area (Å²) in [4.78, 5) is 11.9. The van der Waals surface area contributed by atoms with E-state index in [1.807, 2.05) is 0 Å². The summed E-state index contributed by atoms with van der Waals surface area (Å²) in [7, 11) is 0. The molecular weight excluding hydrogens is 212 g/mol. The number of fused-ring (bicyclic) bond motifs is 1. The maximum Gasteiger partial charge on any atom is 0.223 e. The molecule has 3 nitrogen and oxygen atoms in total. The molecule has 2 saturated carbocycles. The van der Waals surface area contributed by atoms with E-state index in [1.54, 1.807) is 0 Å². The van der Waals surface area contributed by atoms with E-state index in [0.29, 0.717) is 11.8 Å². The summed E-state index contributed by atoms with van der Waals surface area (Å²) in [6.45, 7) is 1.65. The van der Waals surface area contributed by atoms with Crippen molar-refractivity contribution in [3.63, 3.8) is 0 Å². The zero-order chi connectivity index (χ0) is 12.1. The molecule has 2 aliphatic carbocycles. The highest BCUT2D eigenvalue weighted by molar-refractivity contribution is 5.82. The van der Waals surface area contributed by atoms with Crippen LogP contribution < -0.4 is 11.1 Å². The molecule has 2 fully saturated rings. The molecule has 0 aromatic heterocycles. The summed E-state index contributed by atoms with van der Waals surface area (Å²) >= 11 is 0. The topological polar surface area (TPSA) is 55.1 Å². The highest BCUT2D eigenvalue weighted by Crippen LogP contribution is 2.55. The predicted octanol–water partition coefficient (Wildman–Crippen LogP) is 2.06. The molecule has 0 radical (unpaired) electrons. The summed E-state index contributed by atoms with van der Waals surface area (Å²) in [6.07, 6.45) is 9.86. The van der Waals surface area contributed by atoms with E-state index in [-0.39, 0.29) is 0 Å². The fourth-order valence-corrected chi connectivity index (χ4v) is 3.33. The van der Waals surface area contributed by atoms with Gasteiger partial charge in [-0.25, -0.2) is 0 Å². The lowest BCUT2D eigenvalue weighted by Crippen LogP contribution is -2.27. The van der Waals surface area contributed by atoms with Gasteiger partial charge in [-0.2, -0.15) is 0 Å². The van der Waals surface area contributed by atoms with Crippen LogP contribution in [0.5, 0.6) is 0 Å². The molecule has 0 aromatic rings. The summed E-state index contributed by atoms with van der Waals surface area (Å²) in [6, 6.07) is 0. The van der Waals surface area contributed by atoms with Crippen LogP contribution in [0.25, 0.3) is 0 Å². The molecule has 1 amide bonds. The Kier molecular flexibility index (Phi) is 4.84. The third kappa shape index (κ3) is 3.44. The lowest BCUT2D eigenvalue weighted by Gasteiger charge is -2.04. The van der Waals surface area contributed by atoms with E-state index in [4.69, 9.17) is 5.73 Å². The standard InChI is InChI=1S/C14H26N2O/c15-9-5-1-2-6-10-16-14(17)13-11-7-3-4-8-12(11)13/h11-13H,1-10,15H2,(H,16,17). The van der Waals surface area contributed by atoms with Crippen molar-refractivity contribution in [3.8, 4) is 0 Å². The number of carbonyl (C=O) groups excluding carboxylic acids is 1. The maximum atomic E-state index is 11.9. The van der Waals surface area contributed by atoms with Gasteiger partial charge in [0.05, 0.1) is 0 Å². The van der Waals surface area contributed by atoms with Crippen LogP contribution in [0.3, 0.4) is 0 Å².